The van der Waals surface area contributed by atoms with E-state index in [1.54, 1.807) is 6.20 Å². The third kappa shape index (κ3) is 3.47. The highest BCUT2D eigenvalue weighted by Gasteiger charge is 2.18. The summed E-state index contributed by atoms with van der Waals surface area (Å²) < 4.78 is 6.07. The highest BCUT2D eigenvalue weighted by atomic mass is 16.5. The molecular formula is C17H24N4O. The monoisotopic (exact) mass is 300 g/mol. The molecule has 2 aromatic heterocycles. The number of nitrogens with one attached hydrogen (secondary N) is 2. The Morgan fingerprint density at radius 3 is 2.82 bits per heavy atom. The van der Waals surface area contributed by atoms with Crippen molar-refractivity contribution >= 4 is 0 Å². The molecule has 0 saturated heterocycles. The third-order valence-electron chi connectivity index (χ3n) is 4.33. The highest BCUT2D eigenvalue weighted by Crippen LogP contribution is 2.25. The molecule has 3 rings (SSSR count). The van der Waals surface area contributed by atoms with Crippen LogP contribution in [0.2, 0.25) is 0 Å². The summed E-state index contributed by atoms with van der Waals surface area (Å²) in [6.07, 6.45) is 6.98. The van der Waals surface area contributed by atoms with Gasteiger partial charge in [0.2, 0.25) is 5.88 Å². The Labute approximate surface area is 131 Å². The van der Waals surface area contributed by atoms with Crippen molar-refractivity contribution in [2.75, 3.05) is 0 Å². The van der Waals surface area contributed by atoms with Crippen LogP contribution in [0.25, 0.3) is 0 Å². The Morgan fingerprint density at radius 2 is 2.09 bits per heavy atom. The minimum absolute atomic E-state index is 0.340. The minimum Gasteiger partial charge on any atom is -0.474 e. The van der Waals surface area contributed by atoms with Gasteiger partial charge in [-0.2, -0.15) is 5.10 Å². The molecule has 5 nitrogen and oxygen atoms in total. The second kappa shape index (κ2) is 6.92. The fourth-order valence-electron chi connectivity index (χ4n) is 2.99. The number of aromatic amines is 1. The van der Waals surface area contributed by atoms with Crippen LogP contribution in [0.1, 0.15) is 48.2 Å². The van der Waals surface area contributed by atoms with Crippen LogP contribution in [-0.2, 0) is 13.1 Å². The van der Waals surface area contributed by atoms with Crippen LogP contribution in [0, 0.1) is 13.8 Å². The molecule has 1 aliphatic rings. The molecule has 5 heteroatoms. The molecule has 0 radical (unpaired) electrons. The van der Waals surface area contributed by atoms with Crippen LogP contribution >= 0.6 is 0 Å². The van der Waals surface area contributed by atoms with Gasteiger partial charge in [0, 0.05) is 36.1 Å². The number of aromatic nitrogens is 3. The van der Waals surface area contributed by atoms with Gasteiger partial charge >= 0.3 is 0 Å². The summed E-state index contributed by atoms with van der Waals surface area (Å²) in [7, 11) is 0. The summed E-state index contributed by atoms with van der Waals surface area (Å²) in [4.78, 5) is 4.41. The number of aryl methyl sites for hydroxylation is 2. The average Bonchev–Trinajstić information content (AvgIpc) is 3.13. The van der Waals surface area contributed by atoms with Gasteiger partial charge in [-0.05, 0) is 45.6 Å². The molecule has 2 aromatic rings. The van der Waals surface area contributed by atoms with E-state index in [0.29, 0.717) is 6.10 Å². The molecule has 0 atom stereocenters. The highest BCUT2D eigenvalue weighted by molar-refractivity contribution is 5.26. The number of hydrogen-bond acceptors (Lipinski definition) is 4. The quantitative estimate of drug-likeness (QED) is 0.861. The lowest BCUT2D eigenvalue weighted by Gasteiger charge is -2.15. The first-order valence-corrected chi connectivity index (χ1v) is 8.05. The topological polar surface area (TPSA) is 62.8 Å². The lowest BCUT2D eigenvalue weighted by atomic mass is 10.2. The summed E-state index contributed by atoms with van der Waals surface area (Å²) in [5, 5.41) is 10.7. The van der Waals surface area contributed by atoms with Crippen LogP contribution in [0.5, 0.6) is 5.88 Å². The van der Waals surface area contributed by atoms with Gasteiger partial charge in [0.05, 0.1) is 5.69 Å². The smallest absolute Gasteiger partial charge is 0.218 e. The zero-order chi connectivity index (χ0) is 15.4. The van der Waals surface area contributed by atoms with Crippen molar-refractivity contribution in [1.29, 1.82) is 0 Å². The number of H-pyrrole nitrogens is 1. The molecule has 0 unspecified atom stereocenters. The standard InChI is InChI=1S/C17H24N4O/c1-12-16(13(2)21-20-12)11-18-10-14-6-5-9-19-17(14)22-15-7-3-4-8-15/h5-6,9,15,18H,3-4,7-8,10-11H2,1-2H3,(H,20,21). The third-order valence-corrected chi connectivity index (χ3v) is 4.33. The van der Waals surface area contributed by atoms with Crippen molar-refractivity contribution in [2.45, 2.75) is 58.7 Å². The molecule has 0 aliphatic heterocycles. The van der Waals surface area contributed by atoms with Gasteiger partial charge in [0.25, 0.3) is 0 Å². The van der Waals surface area contributed by atoms with E-state index >= 15 is 0 Å². The largest absolute Gasteiger partial charge is 0.474 e. The summed E-state index contributed by atoms with van der Waals surface area (Å²) in [6.45, 7) is 5.63. The van der Waals surface area contributed by atoms with Crippen molar-refractivity contribution in [3.05, 3.63) is 40.8 Å². The lowest BCUT2D eigenvalue weighted by molar-refractivity contribution is 0.199. The van der Waals surface area contributed by atoms with Crippen molar-refractivity contribution in [3.63, 3.8) is 0 Å². The maximum atomic E-state index is 6.07. The van der Waals surface area contributed by atoms with Crippen LogP contribution < -0.4 is 10.1 Å². The molecule has 0 bridgehead atoms. The van der Waals surface area contributed by atoms with Crippen LogP contribution in [0.15, 0.2) is 18.3 Å². The second-order valence-electron chi connectivity index (χ2n) is 6.01. The first-order chi connectivity index (χ1) is 10.7. The molecule has 1 aliphatic carbocycles. The fourth-order valence-corrected chi connectivity index (χ4v) is 2.99. The van der Waals surface area contributed by atoms with Crippen LogP contribution in [-0.4, -0.2) is 21.3 Å². The van der Waals surface area contributed by atoms with Crippen molar-refractivity contribution < 1.29 is 4.74 Å². The SMILES string of the molecule is Cc1n[nH]c(C)c1CNCc1cccnc1OC1CCCC1. The maximum absolute atomic E-state index is 6.07. The van der Waals surface area contributed by atoms with Gasteiger partial charge in [-0.15, -0.1) is 0 Å². The average molecular weight is 300 g/mol. The van der Waals surface area contributed by atoms with Gasteiger partial charge in [-0.25, -0.2) is 4.98 Å². The normalized spacial score (nSPS) is 15.4. The van der Waals surface area contributed by atoms with Crippen LogP contribution in [0.3, 0.4) is 0 Å². The Balaban J connectivity index is 1.60. The first kappa shape index (κ1) is 15.0. The molecule has 0 spiro atoms. The van der Waals surface area contributed by atoms with Crippen molar-refractivity contribution in [2.24, 2.45) is 0 Å². The summed E-state index contributed by atoms with van der Waals surface area (Å²) in [6, 6.07) is 4.05. The lowest BCUT2D eigenvalue weighted by Crippen LogP contribution is -2.17. The van der Waals surface area contributed by atoms with E-state index in [4.69, 9.17) is 4.74 Å². The van der Waals surface area contributed by atoms with E-state index in [0.717, 1.165) is 48.8 Å². The van der Waals surface area contributed by atoms with Gasteiger partial charge in [-0.1, -0.05) is 6.07 Å². The maximum Gasteiger partial charge on any atom is 0.218 e. The Kier molecular flexibility index (Phi) is 4.73. The molecule has 118 valence electrons. The van der Waals surface area contributed by atoms with Gasteiger partial charge < -0.3 is 10.1 Å². The second-order valence-corrected chi connectivity index (χ2v) is 6.01. The summed E-state index contributed by atoms with van der Waals surface area (Å²) in [5.41, 5.74) is 4.53. The fraction of sp³-hybridized carbons (Fsp3) is 0.529. The van der Waals surface area contributed by atoms with Gasteiger partial charge in [-0.3, -0.25) is 5.10 Å². The van der Waals surface area contributed by atoms with E-state index in [2.05, 4.69) is 33.5 Å². The Hall–Kier alpha value is -1.88. The van der Waals surface area contributed by atoms with E-state index in [-0.39, 0.29) is 0 Å². The van der Waals surface area contributed by atoms with E-state index in [1.807, 2.05) is 13.0 Å². The van der Waals surface area contributed by atoms with Crippen molar-refractivity contribution in [3.8, 4) is 5.88 Å². The molecule has 1 fully saturated rings. The summed E-state index contributed by atoms with van der Waals surface area (Å²) in [5.74, 6) is 0.780. The van der Waals surface area contributed by atoms with E-state index in [1.165, 1.54) is 18.4 Å². The Morgan fingerprint density at radius 1 is 1.27 bits per heavy atom. The summed E-state index contributed by atoms with van der Waals surface area (Å²) >= 11 is 0. The van der Waals surface area contributed by atoms with Crippen LogP contribution in [0.4, 0.5) is 0 Å². The predicted molar refractivity (Wildman–Crippen MR) is 85.7 cm³/mol. The predicted octanol–water partition coefficient (Wildman–Crippen LogP) is 3.03. The molecule has 1 saturated carbocycles. The molecule has 2 heterocycles. The van der Waals surface area contributed by atoms with Crippen molar-refractivity contribution in [1.82, 2.24) is 20.5 Å². The van der Waals surface area contributed by atoms with Gasteiger partial charge in [0.15, 0.2) is 0 Å². The minimum atomic E-state index is 0.340. The van der Waals surface area contributed by atoms with E-state index in [9.17, 15) is 0 Å². The number of rotatable bonds is 6. The number of pyridine rings is 1. The zero-order valence-corrected chi connectivity index (χ0v) is 13.4. The Bertz CT molecular complexity index is 597. The zero-order valence-electron chi connectivity index (χ0n) is 13.4. The number of ether oxygens (including phenoxy) is 1. The number of nitrogens with zero attached hydrogens (tertiary/aromatic N) is 2. The molecular weight excluding hydrogens is 276 g/mol. The van der Waals surface area contributed by atoms with Gasteiger partial charge in [0.1, 0.15) is 6.10 Å². The van der Waals surface area contributed by atoms with E-state index < -0.39 is 0 Å². The first-order valence-electron chi connectivity index (χ1n) is 8.05. The molecule has 0 aromatic carbocycles. The molecule has 22 heavy (non-hydrogen) atoms. The molecule has 2 N–H and O–H groups in total. The molecule has 0 amide bonds. The number of hydrogen-bond donors (Lipinski definition) is 2.